The first kappa shape index (κ1) is 19.7. The van der Waals surface area contributed by atoms with Crippen molar-refractivity contribution in [2.75, 3.05) is 4.90 Å². The molecule has 0 radical (unpaired) electrons. The van der Waals surface area contributed by atoms with E-state index < -0.39 is 35.6 Å². The molecule has 1 aliphatic rings. The average molecular weight is 399 g/mol. The summed E-state index contributed by atoms with van der Waals surface area (Å²) in [7, 11) is 0. The first-order chi connectivity index (χ1) is 13.0. The summed E-state index contributed by atoms with van der Waals surface area (Å²) < 4.78 is 76.8. The third-order valence-electron chi connectivity index (χ3n) is 4.17. The highest BCUT2D eigenvalue weighted by molar-refractivity contribution is 6.28. The summed E-state index contributed by atoms with van der Waals surface area (Å²) in [5.74, 6) is -4.57. The fraction of sp³-hybridized carbons (Fsp3) is 0.158. The molecule has 2 amide bonds. The van der Waals surface area contributed by atoms with Crippen LogP contribution in [0.3, 0.4) is 0 Å². The Hall–Kier alpha value is -3.10. The number of carbonyl (C=O) groups excluding carboxylic acids is 2. The van der Waals surface area contributed by atoms with Crippen LogP contribution in [0.5, 0.6) is 0 Å². The quantitative estimate of drug-likeness (QED) is 0.539. The number of hydrogen-bond donors (Lipinski definition) is 0. The van der Waals surface area contributed by atoms with Gasteiger partial charge in [-0.15, -0.1) is 0 Å². The number of anilines is 1. The Bertz CT molecular complexity index is 895. The largest absolute Gasteiger partial charge is 0.404 e. The van der Waals surface area contributed by atoms with Gasteiger partial charge in [-0.2, -0.15) is 26.3 Å². The molecule has 0 unspecified atom stereocenters. The van der Waals surface area contributed by atoms with Gasteiger partial charge in [-0.1, -0.05) is 36.4 Å². The summed E-state index contributed by atoms with van der Waals surface area (Å²) in [5.41, 5.74) is 0.280. The van der Waals surface area contributed by atoms with E-state index in [1.54, 1.807) is 0 Å². The SMILES string of the molecule is O=C1C=CC(=O)N1c1ccc(-c2ccc(C(C(F)(F)F)C(F)(F)F)cc2)cc1. The Labute approximate surface area is 154 Å². The van der Waals surface area contributed by atoms with Gasteiger partial charge in [0.1, 0.15) is 0 Å². The summed E-state index contributed by atoms with van der Waals surface area (Å²) in [4.78, 5) is 24.2. The van der Waals surface area contributed by atoms with Gasteiger partial charge in [-0.05, 0) is 28.8 Å². The van der Waals surface area contributed by atoms with Crippen molar-refractivity contribution in [3.63, 3.8) is 0 Å². The predicted octanol–water partition coefficient (Wildman–Crippen LogP) is 4.99. The van der Waals surface area contributed by atoms with Crippen LogP contribution in [-0.4, -0.2) is 24.2 Å². The van der Waals surface area contributed by atoms with E-state index in [4.69, 9.17) is 0 Å². The highest BCUT2D eigenvalue weighted by Gasteiger charge is 2.57. The van der Waals surface area contributed by atoms with Crippen molar-refractivity contribution in [2.24, 2.45) is 0 Å². The van der Waals surface area contributed by atoms with Gasteiger partial charge in [0.25, 0.3) is 11.8 Å². The topological polar surface area (TPSA) is 37.4 Å². The van der Waals surface area contributed by atoms with Crippen molar-refractivity contribution in [1.29, 1.82) is 0 Å². The number of hydrogen-bond acceptors (Lipinski definition) is 2. The van der Waals surface area contributed by atoms with E-state index in [9.17, 15) is 35.9 Å². The molecular formula is C19H11F6NO2. The van der Waals surface area contributed by atoms with E-state index in [0.717, 1.165) is 41.3 Å². The molecule has 1 heterocycles. The van der Waals surface area contributed by atoms with Gasteiger partial charge >= 0.3 is 12.4 Å². The number of imide groups is 1. The normalized spacial score (nSPS) is 15.0. The molecule has 0 spiro atoms. The molecule has 3 nitrogen and oxygen atoms in total. The minimum absolute atomic E-state index is 0.301. The Morgan fingerprint density at radius 1 is 0.643 bits per heavy atom. The highest BCUT2D eigenvalue weighted by Crippen LogP contribution is 2.46. The van der Waals surface area contributed by atoms with E-state index in [1.165, 1.54) is 24.3 Å². The molecule has 0 saturated heterocycles. The number of benzene rings is 2. The molecule has 0 aromatic heterocycles. The average Bonchev–Trinajstić information content (AvgIpc) is 2.92. The smallest absolute Gasteiger partial charge is 0.269 e. The summed E-state index contributed by atoms with van der Waals surface area (Å²) in [6.45, 7) is 0. The van der Waals surface area contributed by atoms with Gasteiger partial charge in [0.15, 0.2) is 5.92 Å². The monoisotopic (exact) mass is 399 g/mol. The van der Waals surface area contributed by atoms with Crippen molar-refractivity contribution in [3.05, 3.63) is 66.2 Å². The number of alkyl halides is 6. The number of amides is 2. The minimum Gasteiger partial charge on any atom is -0.269 e. The lowest BCUT2D eigenvalue weighted by molar-refractivity contribution is -0.253. The van der Waals surface area contributed by atoms with Crippen molar-refractivity contribution >= 4 is 17.5 Å². The van der Waals surface area contributed by atoms with Crippen LogP contribution in [0.2, 0.25) is 0 Å². The first-order valence-electron chi connectivity index (χ1n) is 7.88. The van der Waals surface area contributed by atoms with Crippen LogP contribution in [-0.2, 0) is 9.59 Å². The van der Waals surface area contributed by atoms with Gasteiger partial charge in [-0.25, -0.2) is 4.90 Å². The summed E-state index contributed by atoms with van der Waals surface area (Å²) in [6.07, 6.45) is -8.67. The lowest BCUT2D eigenvalue weighted by atomic mass is 9.95. The maximum absolute atomic E-state index is 12.8. The third-order valence-corrected chi connectivity index (χ3v) is 4.17. The third kappa shape index (κ3) is 3.78. The molecule has 0 saturated carbocycles. The van der Waals surface area contributed by atoms with E-state index in [2.05, 4.69) is 0 Å². The second kappa shape index (κ2) is 6.81. The molecule has 0 bridgehead atoms. The van der Waals surface area contributed by atoms with Gasteiger partial charge in [-0.3, -0.25) is 9.59 Å². The predicted molar refractivity (Wildman–Crippen MR) is 88.4 cm³/mol. The Balaban J connectivity index is 1.86. The van der Waals surface area contributed by atoms with Crippen LogP contribution < -0.4 is 4.90 Å². The van der Waals surface area contributed by atoms with E-state index in [1.807, 2.05) is 0 Å². The van der Waals surface area contributed by atoms with E-state index in [0.29, 0.717) is 16.8 Å². The fourth-order valence-electron chi connectivity index (χ4n) is 2.89. The van der Waals surface area contributed by atoms with Crippen LogP contribution >= 0.6 is 0 Å². The number of nitrogens with zero attached hydrogens (tertiary/aromatic N) is 1. The minimum atomic E-state index is -5.45. The summed E-state index contributed by atoms with van der Waals surface area (Å²) >= 11 is 0. The van der Waals surface area contributed by atoms with Crippen LogP contribution in [0.4, 0.5) is 32.0 Å². The maximum atomic E-state index is 12.8. The molecule has 28 heavy (non-hydrogen) atoms. The lowest BCUT2D eigenvalue weighted by Gasteiger charge is -2.23. The molecular weight excluding hydrogens is 388 g/mol. The van der Waals surface area contributed by atoms with Crippen molar-refractivity contribution in [1.82, 2.24) is 0 Å². The Morgan fingerprint density at radius 2 is 1.04 bits per heavy atom. The number of halogens is 6. The van der Waals surface area contributed by atoms with Crippen molar-refractivity contribution in [2.45, 2.75) is 18.3 Å². The van der Waals surface area contributed by atoms with E-state index >= 15 is 0 Å². The molecule has 0 N–H and O–H groups in total. The van der Waals surface area contributed by atoms with Gasteiger partial charge < -0.3 is 0 Å². The van der Waals surface area contributed by atoms with Crippen LogP contribution in [0.15, 0.2) is 60.7 Å². The van der Waals surface area contributed by atoms with Crippen LogP contribution in [0.25, 0.3) is 11.1 Å². The number of rotatable bonds is 3. The summed E-state index contributed by atoms with van der Waals surface area (Å²) in [5, 5.41) is 0. The van der Waals surface area contributed by atoms with Crippen LogP contribution in [0, 0.1) is 0 Å². The molecule has 0 aliphatic carbocycles. The molecule has 2 aromatic rings. The zero-order valence-electron chi connectivity index (χ0n) is 13.9. The Morgan fingerprint density at radius 3 is 1.43 bits per heavy atom. The molecule has 2 aromatic carbocycles. The van der Waals surface area contributed by atoms with Crippen molar-refractivity contribution in [3.8, 4) is 11.1 Å². The van der Waals surface area contributed by atoms with Gasteiger partial charge in [0, 0.05) is 12.2 Å². The highest BCUT2D eigenvalue weighted by atomic mass is 19.4. The Kier molecular flexibility index (Phi) is 4.78. The van der Waals surface area contributed by atoms with Gasteiger partial charge in [0.2, 0.25) is 0 Å². The first-order valence-corrected chi connectivity index (χ1v) is 7.88. The zero-order valence-corrected chi connectivity index (χ0v) is 13.9. The molecule has 1 aliphatic heterocycles. The molecule has 0 atom stereocenters. The molecule has 3 rings (SSSR count). The zero-order chi connectivity index (χ0) is 20.7. The molecule has 0 fully saturated rings. The fourth-order valence-corrected chi connectivity index (χ4v) is 2.89. The van der Waals surface area contributed by atoms with E-state index in [-0.39, 0.29) is 0 Å². The van der Waals surface area contributed by atoms with Gasteiger partial charge in [0.05, 0.1) is 5.69 Å². The standard InChI is InChI=1S/C19H11F6NO2/c20-18(21,22)17(19(23,24)25)13-3-1-11(2-4-13)12-5-7-14(8-6-12)26-15(27)9-10-16(26)28/h1-10,17H. The summed E-state index contributed by atoms with van der Waals surface area (Å²) in [6, 6.07) is 9.81. The molecule has 9 heteroatoms. The second-order valence-electron chi connectivity index (χ2n) is 6.03. The maximum Gasteiger partial charge on any atom is 0.404 e. The second-order valence-corrected chi connectivity index (χ2v) is 6.03. The lowest BCUT2D eigenvalue weighted by Crippen LogP contribution is -2.34. The van der Waals surface area contributed by atoms with Crippen molar-refractivity contribution < 1.29 is 35.9 Å². The molecule has 146 valence electrons. The van der Waals surface area contributed by atoms with Crippen LogP contribution in [0.1, 0.15) is 11.5 Å². The number of carbonyl (C=O) groups is 2.